The Labute approximate surface area is 161 Å². The molecule has 2 aromatic rings. The van der Waals surface area contributed by atoms with Gasteiger partial charge in [-0.2, -0.15) is 0 Å². The maximum atomic E-state index is 12.3. The van der Waals surface area contributed by atoms with E-state index in [1.54, 1.807) is 39.8 Å². The molecule has 0 aliphatic rings. The Kier molecular flexibility index (Phi) is 6.95. The predicted molar refractivity (Wildman–Crippen MR) is 102 cm³/mol. The van der Waals surface area contributed by atoms with Crippen molar-refractivity contribution in [2.75, 3.05) is 18.5 Å². The molecule has 2 aromatic heterocycles. The number of thiophene rings is 1. The number of furan rings is 1. The first-order chi connectivity index (χ1) is 12.9. The average molecular weight is 391 g/mol. The standard InChI is InChI=1S/C19H21NO6S/c1-5-24-18(22)15-12(4)16(19(23)25-6-2)27-17(15)20-14(21)10-9-13-8-7-11(3)26-13/h7-10H,5-6H2,1-4H3,(H,20,21). The molecule has 0 aromatic carbocycles. The normalized spacial score (nSPS) is 10.8. The Morgan fingerprint density at radius 1 is 1.11 bits per heavy atom. The molecule has 1 N–H and O–H groups in total. The third-order valence-corrected chi connectivity index (χ3v) is 4.67. The summed E-state index contributed by atoms with van der Waals surface area (Å²) in [5.74, 6) is -0.364. The zero-order chi connectivity index (χ0) is 20.0. The molecule has 0 atom stereocenters. The van der Waals surface area contributed by atoms with E-state index in [4.69, 9.17) is 13.9 Å². The van der Waals surface area contributed by atoms with E-state index >= 15 is 0 Å². The summed E-state index contributed by atoms with van der Waals surface area (Å²) in [4.78, 5) is 36.9. The number of carbonyl (C=O) groups excluding carboxylic acids is 3. The van der Waals surface area contributed by atoms with Crippen molar-refractivity contribution in [3.8, 4) is 0 Å². The van der Waals surface area contributed by atoms with Crippen LogP contribution in [0.25, 0.3) is 6.08 Å². The molecule has 2 heterocycles. The SMILES string of the molecule is CCOC(=O)c1sc(NC(=O)C=Cc2ccc(C)o2)c(C(=O)OCC)c1C. The van der Waals surface area contributed by atoms with Crippen molar-refractivity contribution in [3.05, 3.63) is 45.7 Å². The van der Waals surface area contributed by atoms with Gasteiger partial charge in [0.15, 0.2) is 0 Å². The summed E-state index contributed by atoms with van der Waals surface area (Å²) < 4.78 is 15.4. The molecule has 7 nitrogen and oxygen atoms in total. The fourth-order valence-corrected chi connectivity index (χ4v) is 3.39. The molecule has 1 amide bonds. The van der Waals surface area contributed by atoms with Crippen molar-refractivity contribution < 1.29 is 28.3 Å². The molecule has 0 unspecified atom stereocenters. The lowest BCUT2D eigenvalue weighted by molar-refractivity contribution is -0.111. The lowest BCUT2D eigenvalue weighted by Gasteiger charge is -2.05. The van der Waals surface area contributed by atoms with E-state index < -0.39 is 17.8 Å². The lowest BCUT2D eigenvalue weighted by atomic mass is 10.1. The van der Waals surface area contributed by atoms with Crippen LogP contribution >= 0.6 is 11.3 Å². The first kappa shape index (κ1) is 20.4. The highest BCUT2D eigenvalue weighted by molar-refractivity contribution is 7.18. The monoisotopic (exact) mass is 391 g/mol. The number of amides is 1. The first-order valence-corrected chi connectivity index (χ1v) is 9.22. The number of nitrogens with one attached hydrogen (secondary N) is 1. The number of aryl methyl sites for hydroxylation is 1. The summed E-state index contributed by atoms with van der Waals surface area (Å²) in [6, 6.07) is 3.52. The Bertz CT molecular complexity index is 877. The summed E-state index contributed by atoms with van der Waals surface area (Å²) in [5, 5.41) is 2.86. The minimum Gasteiger partial charge on any atom is -0.462 e. The van der Waals surface area contributed by atoms with Gasteiger partial charge in [0, 0.05) is 6.08 Å². The van der Waals surface area contributed by atoms with E-state index in [1.165, 1.54) is 12.2 Å². The molecule has 0 aliphatic carbocycles. The predicted octanol–water partition coefficient (Wildman–Crippen LogP) is 3.96. The van der Waals surface area contributed by atoms with Gasteiger partial charge in [-0.05, 0) is 51.5 Å². The summed E-state index contributed by atoms with van der Waals surface area (Å²) in [6.45, 7) is 7.17. The molecule has 144 valence electrons. The topological polar surface area (TPSA) is 94.8 Å². The van der Waals surface area contributed by atoms with Gasteiger partial charge in [-0.25, -0.2) is 9.59 Å². The molecule has 0 saturated heterocycles. The number of hydrogen-bond acceptors (Lipinski definition) is 7. The maximum absolute atomic E-state index is 12.3. The summed E-state index contributed by atoms with van der Waals surface area (Å²) in [5.41, 5.74) is 0.568. The fraction of sp³-hybridized carbons (Fsp3) is 0.316. The zero-order valence-electron chi connectivity index (χ0n) is 15.6. The van der Waals surface area contributed by atoms with Crippen molar-refractivity contribution in [3.63, 3.8) is 0 Å². The molecule has 27 heavy (non-hydrogen) atoms. The number of esters is 2. The van der Waals surface area contributed by atoms with E-state index in [0.29, 0.717) is 11.3 Å². The van der Waals surface area contributed by atoms with Gasteiger partial charge < -0.3 is 19.2 Å². The second-order valence-corrected chi connectivity index (χ2v) is 6.49. The second kappa shape index (κ2) is 9.18. The van der Waals surface area contributed by atoms with Gasteiger partial charge in [-0.15, -0.1) is 11.3 Å². The van der Waals surface area contributed by atoms with E-state index in [2.05, 4.69) is 5.32 Å². The van der Waals surface area contributed by atoms with Crippen LogP contribution in [0.1, 0.15) is 51.0 Å². The quantitative estimate of drug-likeness (QED) is 0.567. The largest absolute Gasteiger partial charge is 0.462 e. The third kappa shape index (κ3) is 5.07. The van der Waals surface area contributed by atoms with E-state index in [1.807, 2.05) is 0 Å². The molecular weight excluding hydrogens is 370 g/mol. The Hall–Kier alpha value is -2.87. The van der Waals surface area contributed by atoms with Crippen LogP contribution in [0.3, 0.4) is 0 Å². The van der Waals surface area contributed by atoms with Crippen LogP contribution in [0.5, 0.6) is 0 Å². The summed E-state index contributed by atoms with van der Waals surface area (Å²) >= 11 is 0.978. The Morgan fingerprint density at radius 3 is 2.37 bits per heavy atom. The molecule has 0 aliphatic heterocycles. The van der Waals surface area contributed by atoms with Crippen LogP contribution in [-0.4, -0.2) is 31.1 Å². The third-order valence-electron chi connectivity index (χ3n) is 3.48. The molecule has 0 radical (unpaired) electrons. The van der Waals surface area contributed by atoms with Crippen molar-refractivity contribution >= 4 is 40.3 Å². The smallest absolute Gasteiger partial charge is 0.348 e. The van der Waals surface area contributed by atoms with Crippen LogP contribution in [0.15, 0.2) is 22.6 Å². The van der Waals surface area contributed by atoms with Crippen LogP contribution < -0.4 is 5.32 Å². The number of carbonyl (C=O) groups is 3. The highest BCUT2D eigenvalue weighted by Crippen LogP contribution is 2.34. The van der Waals surface area contributed by atoms with Crippen LogP contribution in [-0.2, 0) is 14.3 Å². The lowest BCUT2D eigenvalue weighted by Crippen LogP contribution is -2.12. The summed E-state index contributed by atoms with van der Waals surface area (Å²) in [6.07, 6.45) is 2.80. The summed E-state index contributed by atoms with van der Waals surface area (Å²) in [7, 11) is 0. The number of rotatable bonds is 7. The van der Waals surface area contributed by atoms with Gasteiger partial charge in [-0.3, -0.25) is 4.79 Å². The highest BCUT2D eigenvalue weighted by Gasteiger charge is 2.27. The molecule has 0 fully saturated rings. The van der Waals surface area contributed by atoms with Crippen molar-refractivity contribution in [2.24, 2.45) is 0 Å². The van der Waals surface area contributed by atoms with Gasteiger partial charge in [-0.1, -0.05) is 0 Å². The molecular formula is C19H21NO6S. The van der Waals surface area contributed by atoms with Gasteiger partial charge in [0.25, 0.3) is 0 Å². The van der Waals surface area contributed by atoms with Crippen LogP contribution in [0, 0.1) is 13.8 Å². The molecule has 0 saturated carbocycles. The number of ether oxygens (including phenoxy) is 2. The Morgan fingerprint density at radius 2 is 1.78 bits per heavy atom. The van der Waals surface area contributed by atoms with E-state index in [-0.39, 0.29) is 28.7 Å². The fourth-order valence-electron chi connectivity index (χ4n) is 2.30. The van der Waals surface area contributed by atoms with Crippen LogP contribution in [0.4, 0.5) is 5.00 Å². The van der Waals surface area contributed by atoms with Gasteiger partial charge >= 0.3 is 11.9 Å². The first-order valence-electron chi connectivity index (χ1n) is 8.40. The van der Waals surface area contributed by atoms with E-state index in [9.17, 15) is 14.4 Å². The van der Waals surface area contributed by atoms with Gasteiger partial charge in [0.05, 0.1) is 18.8 Å². The second-order valence-electron chi connectivity index (χ2n) is 5.47. The minimum absolute atomic E-state index is 0.153. The van der Waals surface area contributed by atoms with Gasteiger partial charge in [0.1, 0.15) is 21.4 Å². The molecule has 0 bridgehead atoms. The highest BCUT2D eigenvalue weighted by atomic mass is 32.1. The molecule has 2 rings (SSSR count). The zero-order valence-corrected chi connectivity index (χ0v) is 16.4. The molecule has 8 heteroatoms. The minimum atomic E-state index is -0.609. The van der Waals surface area contributed by atoms with Crippen molar-refractivity contribution in [2.45, 2.75) is 27.7 Å². The average Bonchev–Trinajstić information content (AvgIpc) is 3.16. The maximum Gasteiger partial charge on any atom is 0.348 e. The number of anilines is 1. The molecule has 0 spiro atoms. The van der Waals surface area contributed by atoms with Gasteiger partial charge in [0.2, 0.25) is 5.91 Å². The van der Waals surface area contributed by atoms with Crippen molar-refractivity contribution in [1.82, 2.24) is 0 Å². The number of hydrogen-bond donors (Lipinski definition) is 1. The van der Waals surface area contributed by atoms with Crippen LogP contribution in [0.2, 0.25) is 0 Å². The van der Waals surface area contributed by atoms with Crippen molar-refractivity contribution in [1.29, 1.82) is 0 Å². The Balaban J connectivity index is 2.28. The van der Waals surface area contributed by atoms with E-state index in [0.717, 1.165) is 17.1 Å².